The van der Waals surface area contributed by atoms with Crippen LogP contribution in [-0.2, 0) is 9.47 Å². The molecular formula is C12H23NO2S. The maximum atomic E-state index is 5.53. The van der Waals surface area contributed by atoms with E-state index in [-0.39, 0.29) is 0 Å². The second-order valence-corrected chi connectivity index (χ2v) is 5.87. The zero-order valence-electron chi connectivity index (χ0n) is 10.1. The van der Waals surface area contributed by atoms with E-state index < -0.39 is 0 Å². The summed E-state index contributed by atoms with van der Waals surface area (Å²) in [5, 5.41) is 4.52. The van der Waals surface area contributed by atoms with Gasteiger partial charge in [0, 0.05) is 17.8 Å². The molecule has 3 nitrogen and oxygen atoms in total. The lowest BCUT2D eigenvalue weighted by Gasteiger charge is -2.31. The average molecular weight is 245 g/mol. The number of rotatable bonds is 4. The molecule has 1 saturated heterocycles. The first-order chi connectivity index (χ1) is 7.88. The highest BCUT2D eigenvalue weighted by Gasteiger charge is 2.22. The third kappa shape index (κ3) is 3.91. The Morgan fingerprint density at radius 1 is 1.31 bits per heavy atom. The van der Waals surface area contributed by atoms with E-state index >= 15 is 0 Å². The Kier molecular flexibility index (Phi) is 5.42. The zero-order valence-corrected chi connectivity index (χ0v) is 10.9. The summed E-state index contributed by atoms with van der Waals surface area (Å²) < 4.78 is 10.7. The third-order valence-corrected chi connectivity index (χ3v) is 4.66. The average Bonchev–Trinajstić information content (AvgIpc) is 2.38. The first kappa shape index (κ1) is 12.7. The molecule has 94 valence electrons. The molecule has 2 aliphatic rings. The van der Waals surface area contributed by atoms with E-state index in [0.29, 0.717) is 18.9 Å². The number of thioether (sulfide) groups is 1. The first-order valence-electron chi connectivity index (χ1n) is 6.34. The predicted molar refractivity (Wildman–Crippen MR) is 67.9 cm³/mol. The van der Waals surface area contributed by atoms with Gasteiger partial charge in [-0.15, -0.1) is 0 Å². The van der Waals surface area contributed by atoms with E-state index in [0.717, 1.165) is 24.8 Å². The van der Waals surface area contributed by atoms with Crippen LogP contribution >= 0.6 is 11.8 Å². The van der Waals surface area contributed by atoms with E-state index in [1.165, 1.54) is 25.7 Å². The standard InChI is InChI=1S/C12H23NO2S/c1-16-12-4-2-3-10(7-12)13-8-11-5-6-14-9-15-11/h10-13H,2-9H2,1H3. The highest BCUT2D eigenvalue weighted by molar-refractivity contribution is 7.99. The first-order valence-corrected chi connectivity index (χ1v) is 7.63. The van der Waals surface area contributed by atoms with Crippen molar-refractivity contribution in [3.05, 3.63) is 0 Å². The number of nitrogens with one attached hydrogen (secondary N) is 1. The van der Waals surface area contributed by atoms with Gasteiger partial charge in [0.2, 0.25) is 0 Å². The van der Waals surface area contributed by atoms with Crippen LogP contribution < -0.4 is 5.32 Å². The molecular weight excluding hydrogens is 222 g/mol. The number of hydrogen-bond donors (Lipinski definition) is 1. The molecule has 1 heterocycles. The Hall–Kier alpha value is 0.230. The quantitative estimate of drug-likeness (QED) is 0.821. The van der Waals surface area contributed by atoms with Crippen molar-refractivity contribution in [2.75, 3.05) is 26.2 Å². The van der Waals surface area contributed by atoms with E-state index in [1.54, 1.807) is 0 Å². The molecule has 0 aromatic rings. The summed E-state index contributed by atoms with van der Waals surface area (Å²) in [5.41, 5.74) is 0. The van der Waals surface area contributed by atoms with Crippen LogP contribution in [0.15, 0.2) is 0 Å². The number of hydrogen-bond acceptors (Lipinski definition) is 4. The molecule has 3 atom stereocenters. The minimum absolute atomic E-state index is 0.364. The van der Waals surface area contributed by atoms with Gasteiger partial charge in [-0.3, -0.25) is 0 Å². The van der Waals surface area contributed by atoms with Crippen LogP contribution in [0.5, 0.6) is 0 Å². The van der Waals surface area contributed by atoms with Crippen molar-refractivity contribution in [3.63, 3.8) is 0 Å². The SMILES string of the molecule is CSC1CCCC(NCC2CCOCO2)C1. The molecule has 2 rings (SSSR count). The molecule has 2 fully saturated rings. The largest absolute Gasteiger partial charge is 0.355 e. The Balaban J connectivity index is 1.64. The van der Waals surface area contributed by atoms with Gasteiger partial charge in [-0.2, -0.15) is 11.8 Å². The molecule has 0 amide bonds. The van der Waals surface area contributed by atoms with Crippen molar-refractivity contribution >= 4 is 11.8 Å². The molecule has 3 unspecified atom stereocenters. The Labute approximate surface area is 103 Å². The van der Waals surface area contributed by atoms with Gasteiger partial charge in [-0.1, -0.05) is 6.42 Å². The Morgan fingerprint density at radius 2 is 2.25 bits per heavy atom. The second kappa shape index (κ2) is 6.84. The van der Waals surface area contributed by atoms with Gasteiger partial charge >= 0.3 is 0 Å². The molecule has 4 heteroatoms. The van der Waals surface area contributed by atoms with Crippen molar-refractivity contribution in [2.45, 2.75) is 49.5 Å². The summed E-state index contributed by atoms with van der Waals surface area (Å²) >= 11 is 2.02. The summed E-state index contributed by atoms with van der Waals surface area (Å²) in [4.78, 5) is 0. The maximum absolute atomic E-state index is 5.53. The van der Waals surface area contributed by atoms with E-state index in [4.69, 9.17) is 9.47 Å². The van der Waals surface area contributed by atoms with Crippen LogP contribution in [-0.4, -0.2) is 43.6 Å². The molecule has 1 saturated carbocycles. The van der Waals surface area contributed by atoms with Gasteiger partial charge in [0.05, 0.1) is 12.7 Å². The van der Waals surface area contributed by atoms with E-state index in [2.05, 4.69) is 11.6 Å². The molecule has 0 aromatic carbocycles. The molecule has 16 heavy (non-hydrogen) atoms. The monoisotopic (exact) mass is 245 g/mol. The van der Waals surface area contributed by atoms with Crippen LogP contribution in [0.1, 0.15) is 32.1 Å². The molecule has 0 spiro atoms. The molecule has 0 aromatic heterocycles. The van der Waals surface area contributed by atoms with Crippen LogP contribution in [0.25, 0.3) is 0 Å². The van der Waals surface area contributed by atoms with Crippen molar-refractivity contribution in [3.8, 4) is 0 Å². The Bertz CT molecular complexity index is 197. The second-order valence-electron chi connectivity index (χ2n) is 4.73. The topological polar surface area (TPSA) is 30.5 Å². The lowest BCUT2D eigenvalue weighted by Crippen LogP contribution is -2.41. The third-order valence-electron chi connectivity index (χ3n) is 3.56. The Morgan fingerprint density at radius 3 is 3.00 bits per heavy atom. The van der Waals surface area contributed by atoms with E-state index in [9.17, 15) is 0 Å². The summed E-state index contributed by atoms with van der Waals surface area (Å²) in [5.74, 6) is 0. The predicted octanol–water partition coefficient (Wildman–Crippen LogP) is 2.01. The van der Waals surface area contributed by atoms with Crippen LogP contribution in [0.3, 0.4) is 0 Å². The molecule has 0 radical (unpaired) electrons. The molecule has 1 N–H and O–H groups in total. The van der Waals surface area contributed by atoms with Gasteiger partial charge in [-0.25, -0.2) is 0 Å². The zero-order chi connectivity index (χ0) is 11.2. The smallest absolute Gasteiger partial charge is 0.147 e. The fraction of sp³-hybridized carbons (Fsp3) is 1.00. The van der Waals surface area contributed by atoms with Gasteiger partial charge in [-0.05, 0) is 31.9 Å². The summed E-state index contributed by atoms with van der Waals surface area (Å²) in [6.45, 7) is 2.32. The van der Waals surface area contributed by atoms with Crippen molar-refractivity contribution in [1.82, 2.24) is 5.32 Å². The molecule has 1 aliphatic heterocycles. The summed E-state index contributed by atoms with van der Waals surface area (Å²) in [6.07, 6.45) is 9.05. The van der Waals surface area contributed by atoms with Gasteiger partial charge in [0.1, 0.15) is 6.79 Å². The lowest BCUT2D eigenvalue weighted by molar-refractivity contribution is -0.137. The highest BCUT2D eigenvalue weighted by Crippen LogP contribution is 2.26. The van der Waals surface area contributed by atoms with Crippen molar-refractivity contribution < 1.29 is 9.47 Å². The summed E-state index contributed by atoms with van der Waals surface area (Å²) in [6, 6.07) is 0.706. The lowest BCUT2D eigenvalue weighted by atomic mass is 9.95. The number of ether oxygens (including phenoxy) is 2. The molecule has 1 aliphatic carbocycles. The van der Waals surface area contributed by atoms with Crippen molar-refractivity contribution in [1.29, 1.82) is 0 Å². The van der Waals surface area contributed by atoms with E-state index in [1.807, 2.05) is 11.8 Å². The minimum Gasteiger partial charge on any atom is -0.355 e. The van der Waals surface area contributed by atoms with Gasteiger partial charge in [0.25, 0.3) is 0 Å². The molecule has 0 bridgehead atoms. The van der Waals surface area contributed by atoms with Gasteiger partial charge in [0.15, 0.2) is 0 Å². The highest BCUT2D eigenvalue weighted by atomic mass is 32.2. The fourth-order valence-electron chi connectivity index (χ4n) is 2.50. The van der Waals surface area contributed by atoms with Gasteiger partial charge < -0.3 is 14.8 Å². The van der Waals surface area contributed by atoms with Crippen LogP contribution in [0, 0.1) is 0 Å². The summed E-state index contributed by atoms with van der Waals surface area (Å²) in [7, 11) is 0. The van der Waals surface area contributed by atoms with Crippen LogP contribution in [0.4, 0.5) is 0 Å². The minimum atomic E-state index is 0.364. The normalized spacial score (nSPS) is 36.2. The maximum Gasteiger partial charge on any atom is 0.147 e. The van der Waals surface area contributed by atoms with Crippen molar-refractivity contribution in [2.24, 2.45) is 0 Å². The fourth-order valence-corrected chi connectivity index (χ4v) is 3.33. The van der Waals surface area contributed by atoms with Crippen LogP contribution in [0.2, 0.25) is 0 Å².